The summed E-state index contributed by atoms with van der Waals surface area (Å²) in [5, 5.41) is 0. The van der Waals surface area contributed by atoms with Crippen LogP contribution in [0.15, 0.2) is 12.1 Å². The van der Waals surface area contributed by atoms with Gasteiger partial charge in [-0.15, -0.1) is 0 Å². The molecule has 15 heavy (non-hydrogen) atoms. The first-order chi connectivity index (χ1) is 7.20. The third kappa shape index (κ3) is 1.29. The van der Waals surface area contributed by atoms with Crippen molar-refractivity contribution in [2.75, 3.05) is 0 Å². The van der Waals surface area contributed by atoms with E-state index < -0.39 is 0 Å². The minimum Gasteiger partial charge on any atom is -0.487 e. The van der Waals surface area contributed by atoms with Crippen LogP contribution in [0.1, 0.15) is 42.4 Å². The zero-order valence-electron chi connectivity index (χ0n) is 9.60. The highest BCUT2D eigenvalue weighted by Crippen LogP contribution is 2.46. The van der Waals surface area contributed by atoms with Gasteiger partial charge in [-0.2, -0.15) is 0 Å². The number of aryl methyl sites for hydroxylation is 2. The average molecular weight is 202 g/mol. The minimum atomic E-state index is 0.228. The Labute approximate surface area is 91.5 Å². The molecule has 0 bridgehead atoms. The first-order valence-corrected chi connectivity index (χ1v) is 5.98. The Balaban J connectivity index is 2.03. The van der Waals surface area contributed by atoms with E-state index in [9.17, 15) is 0 Å². The van der Waals surface area contributed by atoms with Crippen LogP contribution in [0.4, 0.5) is 0 Å². The van der Waals surface area contributed by atoms with E-state index in [1.165, 1.54) is 54.5 Å². The van der Waals surface area contributed by atoms with E-state index in [1.54, 1.807) is 0 Å². The zero-order chi connectivity index (χ0) is 10.5. The maximum absolute atomic E-state index is 6.27. The molecular weight excluding hydrogens is 184 g/mol. The molecule has 0 N–H and O–H groups in total. The lowest BCUT2D eigenvalue weighted by Crippen LogP contribution is -2.45. The predicted molar refractivity (Wildman–Crippen MR) is 61.4 cm³/mol. The molecule has 2 aliphatic rings. The molecule has 80 valence electrons. The van der Waals surface area contributed by atoms with Crippen LogP contribution in [0.2, 0.25) is 0 Å². The van der Waals surface area contributed by atoms with E-state index in [4.69, 9.17) is 4.74 Å². The largest absolute Gasteiger partial charge is 0.487 e. The summed E-state index contributed by atoms with van der Waals surface area (Å²) in [6.45, 7) is 4.35. The van der Waals surface area contributed by atoms with E-state index in [2.05, 4.69) is 26.0 Å². The lowest BCUT2D eigenvalue weighted by atomic mass is 9.74. The van der Waals surface area contributed by atoms with Gasteiger partial charge in [0.05, 0.1) is 0 Å². The number of hydrogen-bond acceptors (Lipinski definition) is 1. The Morgan fingerprint density at radius 1 is 1.13 bits per heavy atom. The second-order valence-corrected chi connectivity index (χ2v) is 5.13. The number of ether oxygens (including phenoxy) is 1. The van der Waals surface area contributed by atoms with Crippen molar-refractivity contribution in [2.45, 2.75) is 51.6 Å². The van der Waals surface area contributed by atoms with Crippen LogP contribution >= 0.6 is 0 Å². The van der Waals surface area contributed by atoms with Crippen molar-refractivity contribution in [2.24, 2.45) is 0 Å². The molecule has 1 aliphatic heterocycles. The second-order valence-electron chi connectivity index (χ2n) is 5.13. The third-order valence-electron chi connectivity index (χ3n) is 4.19. The topological polar surface area (TPSA) is 9.23 Å². The van der Waals surface area contributed by atoms with Crippen LogP contribution < -0.4 is 4.74 Å². The smallest absolute Gasteiger partial charge is 0.126 e. The van der Waals surface area contributed by atoms with Gasteiger partial charge in [0.15, 0.2) is 0 Å². The summed E-state index contributed by atoms with van der Waals surface area (Å²) in [7, 11) is 0. The summed E-state index contributed by atoms with van der Waals surface area (Å²) in [5.74, 6) is 1.20. The van der Waals surface area contributed by atoms with Crippen molar-refractivity contribution in [3.8, 4) is 5.75 Å². The molecule has 1 aromatic rings. The molecule has 0 radical (unpaired) electrons. The van der Waals surface area contributed by atoms with E-state index in [0.29, 0.717) is 0 Å². The fourth-order valence-electron chi connectivity index (χ4n) is 2.74. The van der Waals surface area contributed by atoms with Crippen LogP contribution in [0, 0.1) is 13.8 Å². The molecule has 3 rings (SSSR count). The van der Waals surface area contributed by atoms with E-state index >= 15 is 0 Å². The number of fused-ring (bicyclic) bond motifs is 1. The second kappa shape index (κ2) is 3.01. The van der Waals surface area contributed by atoms with E-state index in [-0.39, 0.29) is 5.60 Å². The van der Waals surface area contributed by atoms with Gasteiger partial charge >= 0.3 is 0 Å². The van der Waals surface area contributed by atoms with Gasteiger partial charge in [0.1, 0.15) is 11.4 Å². The van der Waals surface area contributed by atoms with Crippen LogP contribution in [-0.2, 0) is 6.42 Å². The normalized spacial score (nSPS) is 21.7. The highest BCUT2D eigenvalue weighted by molar-refractivity contribution is 5.47. The highest BCUT2D eigenvalue weighted by atomic mass is 16.5. The highest BCUT2D eigenvalue weighted by Gasteiger charge is 2.42. The minimum absolute atomic E-state index is 0.228. The Hall–Kier alpha value is -0.980. The van der Waals surface area contributed by atoms with Crippen molar-refractivity contribution >= 4 is 0 Å². The molecule has 0 aromatic heterocycles. The summed E-state index contributed by atoms with van der Waals surface area (Å²) in [5.41, 5.74) is 4.34. The van der Waals surface area contributed by atoms with Crippen molar-refractivity contribution in [3.05, 3.63) is 28.8 Å². The van der Waals surface area contributed by atoms with E-state index in [1.807, 2.05) is 0 Å². The van der Waals surface area contributed by atoms with Crippen molar-refractivity contribution in [1.29, 1.82) is 0 Å². The number of benzene rings is 1. The van der Waals surface area contributed by atoms with Gasteiger partial charge in [-0.25, -0.2) is 0 Å². The molecule has 1 aromatic carbocycles. The van der Waals surface area contributed by atoms with Gasteiger partial charge in [0, 0.05) is 0 Å². The van der Waals surface area contributed by atoms with Crippen molar-refractivity contribution in [3.63, 3.8) is 0 Å². The first kappa shape index (κ1) is 9.26. The molecule has 0 saturated heterocycles. The summed E-state index contributed by atoms with van der Waals surface area (Å²) < 4.78 is 6.27. The summed E-state index contributed by atoms with van der Waals surface area (Å²) >= 11 is 0. The molecule has 1 heteroatoms. The molecule has 1 spiro atoms. The number of rotatable bonds is 0. The Morgan fingerprint density at radius 2 is 1.93 bits per heavy atom. The monoisotopic (exact) mass is 202 g/mol. The Bertz CT molecular complexity index is 402. The average Bonchev–Trinajstić information content (AvgIpc) is 2.21. The third-order valence-corrected chi connectivity index (χ3v) is 4.19. The standard InChI is InChI=1S/C14H18O/c1-10-4-5-12-6-9-14(7-3-8-14)15-13(12)11(10)2/h4-5H,3,6-9H2,1-2H3. The van der Waals surface area contributed by atoms with Crippen LogP contribution in [0.3, 0.4) is 0 Å². The van der Waals surface area contributed by atoms with Gasteiger partial charge < -0.3 is 4.74 Å². The van der Waals surface area contributed by atoms with Crippen LogP contribution in [0.5, 0.6) is 5.75 Å². The quantitative estimate of drug-likeness (QED) is 0.625. The van der Waals surface area contributed by atoms with Crippen LogP contribution in [-0.4, -0.2) is 5.60 Å². The first-order valence-electron chi connectivity index (χ1n) is 5.98. The fourth-order valence-corrected chi connectivity index (χ4v) is 2.74. The molecular formula is C14H18O. The fraction of sp³-hybridized carbons (Fsp3) is 0.571. The van der Waals surface area contributed by atoms with E-state index in [0.717, 1.165) is 0 Å². The summed E-state index contributed by atoms with van der Waals surface area (Å²) in [4.78, 5) is 0. The molecule has 1 aliphatic carbocycles. The molecule has 0 unspecified atom stereocenters. The van der Waals surface area contributed by atoms with Crippen molar-refractivity contribution in [1.82, 2.24) is 0 Å². The van der Waals surface area contributed by atoms with Gasteiger partial charge in [0.2, 0.25) is 0 Å². The number of hydrogen-bond donors (Lipinski definition) is 0. The van der Waals surface area contributed by atoms with Gasteiger partial charge in [0.25, 0.3) is 0 Å². The summed E-state index contributed by atoms with van der Waals surface area (Å²) in [6, 6.07) is 4.46. The maximum atomic E-state index is 6.27. The molecule has 1 heterocycles. The van der Waals surface area contributed by atoms with Gasteiger partial charge in [-0.05, 0) is 62.6 Å². The molecule has 0 atom stereocenters. The van der Waals surface area contributed by atoms with Gasteiger partial charge in [-0.1, -0.05) is 12.1 Å². The van der Waals surface area contributed by atoms with Gasteiger partial charge in [-0.3, -0.25) is 0 Å². The Morgan fingerprint density at radius 3 is 2.60 bits per heavy atom. The molecule has 0 amide bonds. The molecule has 1 fully saturated rings. The predicted octanol–water partition coefficient (Wildman–Crippen LogP) is 3.55. The zero-order valence-corrected chi connectivity index (χ0v) is 9.60. The van der Waals surface area contributed by atoms with Crippen molar-refractivity contribution < 1.29 is 4.74 Å². The Kier molecular flexibility index (Phi) is 1.86. The maximum Gasteiger partial charge on any atom is 0.126 e. The SMILES string of the molecule is Cc1ccc2c(c1C)OC1(CCC1)CC2. The van der Waals surface area contributed by atoms with Crippen LogP contribution in [0.25, 0.3) is 0 Å². The summed E-state index contributed by atoms with van der Waals surface area (Å²) in [6.07, 6.45) is 6.30. The lowest BCUT2D eigenvalue weighted by molar-refractivity contribution is -0.0255. The lowest BCUT2D eigenvalue weighted by Gasteiger charge is -2.45. The molecule has 1 saturated carbocycles. The molecule has 1 nitrogen and oxygen atoms in total.